The standard InChI is InChI=1S/C19H25FN2O2/c1-24-18-7-5-16(20)8-15(18)11-21-10-14-4-6-17(12-21)22(19(14)23)9-13-2-3-13/h5,7-8,13-14,17H,2-4,6,9-12H2,1H3/t14-,17+/m0/s1. The van der Waals surface area contributed by atoms with Gasteiger partial charge in [0, 0.05) is 37.8 Å². The van der Waals surface area contributed by atoms with Gasteiger partial charge < -0.3 is 9.64 Å². The fraction of sp³-hybridized carbons (Fsp3) is 0.632. The predicted molar refractivity (Wildman–Crippen MR) is 89.2 cm³/mol. The number of fused-ring (bicyclic) bond motifs is 4. The van der Waals surface area contributed by atoms with Crippen LogP contribution in [0.15, 0.2) is 18.2 Å². The summed E-state index contributed by atoms with van der Waals surface area (Å²) in [6.07, 6.45) is 4.62. The first-order chi connectivity index (χ1) is 11.6. The molecule has 5 heteroatoms. The van der Waals surface area contributed by atoms with E-state index in [1.54, 1.807) is 19.2 Å². The zero-order chi connectivity index (χ0) is 16.7. The molecule has 3 saturated heterocycles. The van der Waals surface area contributed by atoms with Gasteiger partial charge in [-0.15, -0.1) is 0 Å². The van der Waals surface area contributed by atoms with Gasteiger partial charge in [-0.25, -0.2) is 4.39 Å². The maximum Gasteiger partial charge on any atom is 0.227 e. The van der Waals surface area contributed by atoms with Crippen molar-refractivity contribution < 1.29 is 13.9 Å². The lowest BCUT2D eigenvalue weighted by Gasteiger charge is -2.36. The predicted octanol–water partition coefficient (Wildman–Crippen LogP) is 2.67. The van der Waals surface area contributed by atoms with E-state index in [1.165, 1.54) is 18.9 Å². The van der Waals surface area contributed by atoms with E-state index in [2.05, 4.69) is 9.80 Å². The van der Waals surface area contributed by atoms with Crippen LogP contribution in [0.25, 0.3) is 0 Å². The molecule has 4 nitrogen and oxygen atoms in total. The largest absolute Gasteiger partial charge is 0.496 e. The van der Waals surface area contributed by atoms with Gasteiger partial charge in [0.2, 0.25) is 5.91 Å². The van der Waals surface area contributed by atoms with Gasteiger partial charge in [-0.3, -0.25) is 9.69 Å². The van der Waals surface area contributed by atoms with Crippen LogP contribution in [0.3, 0.4) is 0 Å². The second-order valence-electron chi connectivity index (χ2n) is 7.51. The third-order valence-electron chi connectivity index (χ3n) is 5.66. The molecule has 4 aliphatic rings. The number of rotatable bonds is 5. The molecule has 3 heterocycles. The molecule has 2 bridgehead atoms. The number of nitrogens with zero attached hydrogens (tertiary/aromatic N) is 2. The molecule has 0 spiro atoms. The summed E-state index contributed by atoms with van der Waals surface area (Å²) in [4.78, 5) is 17.2. The van der Waals surface area contributed by atoms with Gasteiger partial charge in [-0.1, -0.05) is 0 Å². The van der Waals surface area contributed by atoms with E-state index < -0.39 is 0 Å². The van der Waals surface area contributed by atoms with Gasteiger partial charge in [0.05, 0.1) is 13.0 Å². The van der Waals surface area contributed by atoms with Crippen LogP contribution in [-0.4, -0.2) is 48.5 Å². The molecule has 1 aromatic rings. The molecule has 5 rings (SSSR count). The lowest BCUT2D eigenvalue weighted by Crippen LogP contribution is -2.48. The Balaban J connectivity index is 1.51. The van der Waals surface area contributed by atoms with Gasteiger partial charge in [0.1, 0.15) is 11.6 Å². The summed E-state index contributed by atoms with van der Waals surface area (Å²) in [7, 11) is 1.61. The van der Waals surface area contributed by atoms with Gasteiger partial charge in [0.15, 0.2) is 0 Å². The molecule has 1 aromatic carbocycles. The zero-order valence-electron chi connectivity index (χ0n) is 14.2. The van der Waals surface area contributed by atoms with Crippen LogP contribution in [0.5, 0.6) is 5.75 Å². The van der Waals surface area contributed by atoms with Gasteiger partial charge >= 0.3 is 0 Å². The highest BCUT2D eigenvalue weighted by Crippen LogP contribution is 2.36. The summed E-state index contributed by atoms with van der Waals surface area (Å²) in [5.41, 5.74) is 0.861. The van der Waals surface area contributed by atoms with Crippen molar-refractivity contribution in [2.24, 2.45) is 11.8 Å². The number of carbonyl (C=O) groups excluding carboxylic acids is 1. The average molecular weight is 332 g/mol. The maximum atomic E-state index is 13.6. The quantitative estimate of drug-likeness (QED) is 0.831. The fourth-order valence-electron chi connectivity index (χ4n) is 4.19. The minimum Gasteiger partial charge on any atom is -0.496 e. The molecule has 0 radical (unpaired) electrons. The number of piperidine rings is 1. The highest BCUT2D eigenvalue weighted by Gasteiger charge is 2.42. The molecule has 1 aliphatic carbocycles. The van der Waals surface area contributed by atoms with E-state index in [0.717, 1.165) is 44.0 Å². The Morgan fingerprint density at radius 2 is 2.04 bits per heavy atom. The maximum absolute atomic E-state index is 13.6. The number of methoxy groups -OCH3 is 1. The van der Waals surface area contributed by atoms with Gasteiger partial charge in [-0.05, 0) is 49.8 Å². The Labute approximate surface area is 142 Å². The Hall–Kier alpha value is -1.62. The van der Waals surface area contributed by atoms with Crippen LogP contribution < -0.4 is 4.74 Å². The minimum atomic E-state index is -0.241. The monoisotopic (exact) mass is 332 g/mol. The first kappa shape index (κ1) is 15.9. The van der Waals surface area contributed by atoms with E-state index in [4.69, 9.17) is 4.74 Å². The molecule has 2 atom stereocenters. The Morgan fingerprint density at radius 3 is 2.79 bits per heavy atom. The second-order valence-corrected chi connectivity index (χ2v) is 7.51. The molecule has 4 fully saturated rings. The molecule has 3 aliphatic heterocycles. The van der Waals surface area contributed by atoms with E-state index in [0.29, 0.717) is 24.2 Å². The molecular weight excluding hydrogens is 307 g/mol. The van der Waals surface area contributed by atoms with Crippen molar-refractivity contribution in [1.29, 1.82) is 0 Å². The van der Waals surface area contributed by atoms with E-state index in [9.17, 15) is 9.18 Å². The lowest BCUT2D eigenvalue weighted by molar-refractivity contribution is -0.140. The summed E-state index contributed by atoms with van der Waals surface area (Å²) in [6.45, 7) is 3.24. The third kappa shape index (κ3) is 3.14. The molecule has 130 valence electrons. The van der Waals surface area contributed by atoms with Crippen LogP contribution in [-0.2, 0) is 11.3 Å². The van der Waals surface area contributed by atoms with Gasteiger partial charge in [0.25, 0.3) is 0 Å². The van der Waals surface area contributed by atoms with Gasteiger partial charge in [-0.2, -0.15) is 0 Å². The number of carbonyl (C=O) groups is 1. The SMILES string of the molecule is COc1ccc(F)cc1CN1C[C@@H]2CC[C@H](C1)N(CC1CC1)C2=O. The number of benzene rings is 1. The van der Waals surface area contributed by atoms with Crippen molar-refractivity contribution in [1.82, 2.24) is 9.80 Å². The van der Waals surface area contributed by atoms with Crippen LogP contribution in [0.4, 0.5) is 4.39 Å². The van der Waals surface area contributed by atoms with Crippen molar-refractivity contribution in [2.45, 2.75) is 38.3 Å². The molecule has 1 saturated carbocycles. The fourth-order valence-corrected chi connectivity index (χ4v) is 4.19. The van der Waals surface area contributed by atoms with Crippen LogP contribution in [0, 0.1) is 17.7 Å². The van der Waals surface area contributed by atoms with E-state index >= 15 is 0 Å². The van der Waals surface area contributed by atoms with Crippen molar-refractivity contribution in [3.05, 3.63) is 29.6 Å². The number of halogens is 1. The normalized spacial score (nSPS) is 27.4. The molecular formula is C19H25FN2O2. The number of amides is 1. The Kier molecular flexibility index (Phi) is 4.21. The average Bonchev–Trinajstić information content (AvgIpc) is 3.39. The Morgan fingerprint density at radius 1 is 1.21 bits per heavy atom. The summed E-state index contributed by atoms with van der Waals surface area (Å²) in [5.74, 6) is 1.64. The first-order valence-electron chi connectivity index (χ1n) is 8.99. The van der Waals surface area contributed by atoms with Crippen LogP contribution >= 0.6 is 0 Å². The highest BCUT2D eigenvalue weighted by molar-refractivity contribution is 5.80. The van der Waals surface area contributed by atoms with E-state index in [-0.39, 0.29) is 11.7 Å². The van der Waals surface area contributed by atoms with Crippen molar-refractivity contribution in [3.63, 3.8) is 0 Å². The van der Waals surface area contributed by atoms with Crippen LogP contribution in [0.2, 0.25) is 0 Å². The van der Waals surface area contributed by atoms with Crippen molar-refractivity contribution in [2.75, 3.05) is 26.7 Å². The second kappa shape index (κ2) is 6.36. The van der Waals surface area contributed by atoms with Crippen molar-refractivity contribution >= 4 is 5.91 Å². The Bertz CT molecular complexity index is 632. The first-order valence-corrected chi connectivity index (χ1v) is 8.99. The van der Waals surface area contributed by atoms with Crippen LogP contribution in [0.1, 0.15) is 31.2 Å². The number of hydrogen-bond acceptors (Lipinski definition) is 3. The molecule has 0 aromatic heterocycles. The topological polar surface area (TPSA) is 32.8 Å². The summed E-state index contributed by atoms with van der Waals surface area (Å²) >= 11 is 0. The summed E-state index contributed by atoms with van der Waals surface area (Å²) in [6, 6.07) is 4.98. The number of hydrogen-bond donors (Lipinski definition) is 0. The summed E-state index contributed by atoms with van der Waals surface area (Å²) < 4.78 is 19.0. The van der Waals surface area contributed by atoms with Crippen molar-refractivity contribution in [3.8, 4) is 5.75 Å². The highest BCUT2D eigenvalue weighted by atomic mass is 19.1. The van der Waals surface area contributed by atoms with E-state index in [1.807, 2.05) is 0 Å². The molecule has 0 unspecified atom stereocenters. The third-order valence-corrected chi connectivity index (χ3v) is 5.66. The summed E-state index contributed by atoms with van der Waals surface area (Å²) in [5, 5.41) is 0. The minimum absolute atomic E-state index is 0.0991. The lowest BCUT2D eigenvalue weighted by atomic mass is 9.94. The number of ether oxygens (including phenoxy) is 1. The zero-order valence-corrected chi connectivity index (χ0v) is 14.2. The molecule has 1 amide bonds. The molecule has 0 N–H and O–H groups in total. The smallest absolute Gasteiger partial charge is 0.227 e. The molecule has 24 heavy (non-hydrogen) atoms.